The number of nitrogens with zero attached hydrogens (tertiary/aromatic N) is 1. The number of ether oxygens (including phenoxy) is 2. The molecule has 1 aliphatic heterocycles. The lowest BCUT2D eigenvalue weighted by atomic mass is 10.1. The van der Waals surface area contributed by atoms with E-state index in [0.717, 1.165) is 25.8 Å². The van der Waals surface area contributed by atoms with Gasteiger partial charge in [0.1, 0.15) is 5.60 Å². The Kier molecular flexibility index (Phi) is 4.59. The van der Waals surface area contributed by atoms with Crippen molar-refractivity contribution in [3.05, 3.63) is 0 Å². The summed E-state index contributed by atoms with van der Waals surface area (Å²) < 4.78 is 10.4. The molecule has 1 rings (SSSR count). The van der Waals surface area contributed by atoms with Gasteiger partial charge in [-0.05, 0) is 40.0 Å². The summed E-state index contributed by atoms with van der Waals surface area (Å²) in [7, 11) is 1.69. The van der Waals surface area contributed by atoms with Crippen molar-refractivity contribution in [2.45, 2.75) is 51.7 Å². The molecule has 0 aromatic heterocycles. The van der Waals surface area contributed by atoms with E-state index in [0.29, 0.717) is 6.61 Å². The summed E-state index contributed by atoms with van der Waals surface area (Å²) in [5.41, 5.74) is -0.411. The van der Waals surface area contributed by atoms with Gasteiger partial charge in [0, 0.05) is 26.3 Å². The van der Waals surface area contributed by atoms with Crippen molar-refractivity contribution in [2.24, 2.45) is 0 Å². The number of likely N-dealkylation sites (tertiary alicyclic amines) is 1. The molecule has 94 valence electrons. The van der Waals surface area contributed by atoms with Crippen LogP contribution in [0.4, 0.5) is 4.79 Å². The zero-order valence-corrected chi connectivity index (χ0v) is 10.8. The minimum atomic E-state index is -0.411. The minimum Gasteiger partial charge on any atom is -0.444 e. The molecule has 4 nitrogen and oxygen atoms in total. The third kappa shape index (κ3) is 4.00. The zero-order chi connectivity index (χ0) is 12.2. The Morgan fingerprint density at radius 3 is 2.69 bits per heavy atom. The zero-order valence-electron chi connectivity index (χ0n) is 10.8. The highest BCUT2D eigenvalue weighted by atomic mass is 16.6. The molecule has 1 aliphatic rings. The van der Waals surface area contributed by atoms with Crippen LogP contribution >= 0.6 is 0 Å². The predicted molar refractivity (Wildman–Crippen MR) is 62.5 cm³/mol. The number of hydrogen-bond donors (Lipinski definition) is 0. The molecule has 0 unspecified atom stereocenters. The van der Waals surface area contributed by atoms with Crippen LogP contribution in [0.1, 0.15) is 40.0 Å². The van der Waals surface area contributed by atoms with Crippen molar-refractivity contribution in [1.29, 1.82) is 0 Å². The van der Waals surface area contributed by atoms with E-state index in [9.17, 15) is 4.79 Å². The monoisotopic (exact) mass is 229 g/mol. The molecule has 0 radical (unpaired) electrons. The van der Waals surface area contributed by atoms with Gasteiger partial charge in [-0.1, -0.05) is 0 Å². The summed E-state index contributed by atoms with van der Waals surface area (Å²) in [4.78, 5) is 13.7. The molecular weight excluding hydrogens is 206 g/mol. The standard InChI is InChI=1S/C12H23NO3/c1-12(2,3)16-11(14)13-8-5-6-10(13)7-9-15-4/h10H,5-9H2,1-4H3/t10-/m1/s1. The maximum absolute atomic E-state index is 11.9. The number of amides is 1. The number of rotatable bonds is 3. The largest absolute Gasteiger partial charge is 0.444 e. The van der Waals surface area contributed by atoms with Crippen LogP contribution < -0.4 is 0 Å². The number of carbonyl (C=O) groups excluding carboxylic acids is 1. The van der Waals surface area contributed by atoms with Gasteiger partial charge in [-0.3, -0.25) is 0 Å². The fourth-order valence-electron chi connectivity index (χ4n) is 1.95. The average Bonchev–Trinajstić information content (AvgIpc) is 2.59. The van der Waals surface area contributed by atoms with Crippen LogP contribution in [-0.2, 0) is 9.47 Å². The molecule has 0 bridgehead atoms. The second kappa shape index (κ2) is 5.53. The lowest BCUT2D eigenvalue weighted by Gasteiger charge is -2.28. The Morgan fingerprint density at radius 2 is 2.12 bits per heavy atom. The van der Waals surface area contributed by atoms with Crippen LogP contribution in [0, 0.1) is 0 Å². The van der Waals surface area contributed by atoms with Crippen molar-refractivity contribution in [1.82, 2.24) is 4.90 Å². The highest BCUT2D eigenvalue weighted by Crippen LogP contribution is 2.22. The summed E-state index contributed by atoms with van der Waals surface area (Å²) in [6.07, 6.45) is 2.83. The SMILES string of the molecule is COCC[C@H]1CCCN1C(=O)OC(C)(C)C. The first kappa shape index (κ1) is 13.3. The predicted octanol–water partition coefficient (Wildman–Crippen LogP) is 2.42. The molecule has 0 saturated carbocycles. The van der Waals surface area contributed by atoms with Gasteiger partial charge in [-0.25, -0.2) is 4.79 Å². The van der Waals surface area contributed by atoms with Gasteiger partial charge in [0.2, 0.25) is 0 Å². The molecular formula is C12H23NO3. The fourth-order valence-corrected chi connectivity index (χ4v) is 1.95. The van der Waals surface area contributed by atoms with Crippen LogP contribution in [0.2, 0.25) is 0 Å². The van der Waals surface area contributed by atoms with Crippen LogP contribution in [-0.4, -0.2) is 42.9 Å². The van der Waals surface area contributed by atoms with E-state index >= 15 is 0 Å². The van der Waals surface area contributed by atoms with Crippen LogP contribution in [0.5, 0.6) is 0 Å². The van der Waals surface area contributed by atoms with Crippen molar-refractivity contribution in [3.8, 4) is 0 Å². The lowest BCUT2D eigenvalue weighted by molar-refractivity contribution is 0.0201. The van der Waals surface area contributed by atoms with E-state index in [-0.39, 0.29) is 12.1 Å². The van der Waals surface area contributed by atoms with E-state index in [1.165, 1.54) is 0 Å². The summed E-state index contributed by atoms with van der Waals surface area (Å²) in [5, 5.41) is 0. The second-order valence-electron chi connectivity index (χ2n) is 5.25. The molecule has 16 heavy (non-hydrogen) atoms. The van der Waals surface area contributed by atoms with Crippen molar-refractivity contribution in [2.75, 3.05) is 20.3 Å². The maximum atomic E-state index is 11.9. The van der Waals surface area contributed by atoms with E-state index in [1.807, 2.05) is 25.7 Å². The van der Waals surface area contributed by atoms with Crippen molar-refractivity contribution >= 4 is 6.09 Å². The smallest absolute Gasteiger partial charge is 0.410 e. The fraction of sp³-hybridized carbons (Fsp3) is 0.917. The summed E-state index contributed by atoms with van der Waals surface area (Å²) in [6, 6.07) is 0.287. The lowest BCUT2D eigenvalue weighted by Crippen LogP contribution is -2.40. The van der Waals surface area contributed by atoms with Gasteiger partial charge in [-0.2, -0.15) is 0 Å². The molecule has 0 aliphatic carbocycles. The van der Waals surface area contributed by atoms with E-state index in [1.54, 1.807) is 7.11 Å². The molecule has 0 aromatic rings. The van der Waals surface area contributed by atoms with Gasteiger partial charge in [0.25, 0.3) is 0 Å². The number of methoxy groups -OCH3 is 1. The molecule has 4 heteroatoms. The molecule has 1 heterocycles. The Bertz CT molecular complexity index is 235. The van der Waals surface area contributed by atoms with Gasteiger partial charge in [0.15, 0.2) is 0 Å². The van der Waals surface area contributed by atoms with E-state index < -0.39 is 5.60 Å². The molecule has 1 fully saturated rings. The number of carbonyl (C=O) groups is 1. The van der Waals surface area contributed by atoms with Gasteiger partial charge in [-0.15, -0.1) is 0 Å². The van der Waals surface area contributed by atoms with Crippen LogP contribution in [0.3, 0.4) is 0 Å². The Morgan fingerprint density at radius 1 is 1.44 bits per heavy atom. The summed E-state index contributed by atoms with van der Waals surface area (Å²) >= 11 is 0. The Balaban J connectivity index is 2.47. The normalized spacial score (nSPS) is 21.2. The quantitative estimate of drug-likeness (QED) is 0.746. The maximum Gasteiger partial charge on any atom is 0.410 e. The minimum absolute atomic E-state index is 0.189. The molecule has 1 saturated heterocycles. The van der Waals surface area contributed by atoms with E-state index in [4.69, 9.17) is 9.47 Å². The highest BCUT2D eigenvalue weighted by molar-refractivity contribution is 5.68. The van der Waals surface area contributed by atoms with Crippen LogP contribution in [0.25, 0.3) is 0 Å². The van der Waals surface area contributed by atoms with Crippen LogP contribution in [0.15, 0.2) is 0 Å². The molecule has 0 N–H and O–H groups in total. The van der Waals surface area contributed by atoms with E-state index in [2.05, 4.69) is 0 Å². The second-order valence-corrected chi connectivity index (χ2v) is 5.25. The summed E-state index contributed by atoms with van der Waals surface area (Å²) in [6.45, 7) is 7.19. The molecule has 1 amide bonds. The average molecular weight is 229 g/mol. The van der Waals surface area contributed by atoms with Crippen molar-refractivity contribution in [3.63, 3.8) is 0 Å². The Labute approximate surface area is 97.9 Å². The topological polar surface area (TPSA) is 38.8 Å². The first-order valence-electron chi connectivity index (χ1n) is 5.92. The number of hydrogen-bond acceptors (Lipinski definition) is 3. The van der Waals surface area contributed by atoms with Gasteiger partial charge < -0.3 is 14.4 Å². The molecule has 1 atom stereocenters. The Hall–Kier alpha value is -0.770. The highest BCUT2D eigenvalue weighted by Gasteiger charge is 2.31. The first-order chi connectivity index (χ1) is 7.44. The molecule has 0 aromatic carbocycles. The van der Waals surface area contributed by atoms with Gasteiger partial charge >= 0.3 is 6.09 Å². The third-order valence-corrected chi connectivity index (χ3v) is 2.66. The first-order valence-corrected chi connectivity index (χ1v) is 5.92. The van der Waals surface area contributed by atoms with Gasteiger partial charge in [0.05, 0.1) is 0 Å². The van der Waals surface area contributed by atoms with Crippen molar-refractivity contribution < 1.29 is 14.3 Å². The summed E-state index contributed by atoms with van der Waals surface area (Å²) in [5.74, 6) is 0. The molecule has 0 spiro atoms. The third-order valence-electron chi connectivity index (χ3n) is 2.66.